The fourth-order valence-electron chi connectivity index (χ4n) is 1.64. The van der Waals surface area contributed by atoms with Gasteiger partial charge in [0.25, 0.3) is 0 Å². The smallest absolute Gasteiger partial charge is 0.396 e. The molecule has 0 fully saturated rings. The molecule has 5 N–H and O–H groups in total. The van der Waals surface area contributed by atoms with Crippen LogP contribution in [-0.2, 0) is 22.7 Å². The lowest BCUT2D eigenvalue weighted by Gasteiger charge is -2.37. The molecule has 12 heteroatoms. The summed E-state index contributed by atoms with van der Waals surface area (Å²) in [5.74, 6) is 0. The molecule has 0 rings (SSSR count). The van der Waals surface area contributed by atoms with Gasteiger partial charge in [0.2, 0.25) is 0 Å². The maximum Gasteiger partial charge on any atom is 0.481 e. The molecule has 10 nitrogen and oxygen atoms in total. The summed E-state index contributed by atoms with van der Waals surface area (Å²) in [5.41, 5.74) is -1.53. The fraction of sp³-hybridized carbons (Fsp3) is 0.636. The molecular weight excluding hydrogens is 354 g/mol. The monoisotopic (exact) mass is 376 g/mol. The number of phosphoric acid groups is 2. The van der Waals surface area contributed by atoms with Crippen molar-refractivity contribution in [1.29, 1.82) is 0 Å². The van der Waals surface area contributed by atoms with Crippen LogP contribution in [0.2, 0.25) is 0 Å². The zero-order chi connectivity index (χ0) is 18.1. The van der Waals surface area contributed by atoms with Crippen molar-refractivity contribution < 1.29 is 47.6 Å². The van der Waals surface area contributed by atoms with Crippen LogP contribution in [0.15, 0.2) is 25.3 Å². The first kappa shape index (κ1) is 22.6. The van der Waals surface area contributed by atoms with Crippen LogP contribution in [0.1, 0.15) is 6.42 Å². The van der Waals surface area contributed by atoms with E-state index < -0.39 is 47.0 Å². The highest BCUT2D eigenvalue weighted by molar-refractivity contribution is 7.60. The van der Waals surface area contributed by atoms with Crippen LogP contribution in [0.5, 0.6) is 0 Å². The molecule has 0 aliphatic carbocycles. The lowest BCUT2D eigenvalue weighted by molar-refractivity contribution is -0.104. The first-order chi connectivity index (χ1) is 10.6. The van der Waals surface area contributed by atoms with Crippen LogP contribution in [0.4, 0.5) is 0 Å². The van der Waals surface area contributed by atoms with E-state index in [1.807, 2.05) is 0 Å². The normalized spacial score (nSPS) is 16.6. The van der Waals surface area contributed by atoms with Crippen LogP contribution in [0, 0.1) is 5.41 Å². The van der Waals surface area contributed by atoms with Crippen molar-refractivity contribution in [2.75, 3.05) is 26.4 Å². The van der Waals surface area contributed by atoms with E-state index in [0.717, 1.165) is 0 Å². The van der Waals surface area contributed by atoms with E-state index in [-0.39, 0.29) is 13.0 Å². The fourth-order valence-corrected chi connectivity index (χ4v) is 3.32. The lowest BCUT2D eigenvalue weighted by atomic mass is 9.82. The Hall–Kier alpha value is -0.380. The molecule has 0 bridgehead atoms. The SMILES string of the molecule is C=CCOC(CC=C)C(CO)(CO)COP(=O)(O)OP(=O)(O)O. The van der Waals surface area contributed by atoms with E-state index >= 15 is 0 Å². The maximum absolute atomic E-state index is 11.5. The number of aliphatic hydroxyl groups excluding tert-OH is 2. The molecule has 0 aliphatic heterocycles. The molecule has 2 atom stereocenters. The first-order valence-electron chi connectivity index (χ1n) is 6.35. The summed E-state index contributed by atoms with van der Waals surface area (Å²) in [6.45, 7) is 4.87. The van der Waals surface area contributed by atoms with E-state index in [2.05, 4.69) is 22.0 Å². The summed E-state index contributed by atoms with van der Waals surface area (Å²) in [6, 6.07) is 0. The maximum atomic E-state index is 11.5. The second-order valence-corrected chi connectivity index (χ2v) is 7.46. The third kappa shape index (κ3) is 8.32. The highest BCUT2D eigenvalue weighted by Crippen LogP contribution is 2.58. The Morgan fingerprint density at radius 1 is 1.09 bits per heavy atom. The Bertz CT molecular complexity index is 469. The van der Waals surface area contributed by atoms with Gasteiger partial charge in [0, 0.05) is 0 Å². The van der Waals surface area contributed by atoms with Crippen LogP contribution >= 0.6 is 15.6 Å². The highest BCUT2D eigenvalue weighted by Gasteiger charge is 2.42. The molecular formula is C11H22O10P2. The molecule has 0 amide bonds. The van der Waals surface area contributed by atoms with Gasteiger partial charge in [-0.05, 0) is 6.42 Å². The summed E-state index contributed by atoms with van der Waals surface area (Å²) in [6.07, 6.45) is 2.17. The lowest BCUT2D eigenvalue weighted by Crippen LogP contribution is -2.47. The molecule has 0 radical (unpaired) electrons. The zero-order valence-corrected chi connectivity index (χ0v) is 14.1. The Kier molecular flexibility index (Phi) is 9.64. The van der Waals surface area contributed by atoms with E-state index in [1.54, 1.807) is 0 Å². The van der Waals surface area contributed by atoms with Crippen LogP contribution < -0.4 is 0 Å². The van der Waals surface area contributed by atoms with Gasteiger partial charge in [0.1, 0.15) is 0 Å². The molecule has 2 unspecified atom stereocenters. The Morgan fingerprint density at radius 3 is 2.04 bits per heavy atom. The predicted octanol–water partition coefficient (Wildman–Crippen LogP) is 0.331. The number of aliphatic hydroxyl groups is 2. The highest BCUT2D eigenvalue weighted by atomic mass is 31.3. The van der Waals surface area contributed by atoms with Gasteiger partial charge in [0.15, 0.2) is 0 Å². The molecule has 0 aromatic heterocycles. The van der Waals surface area contributed by atoms with Crippen LogP contribution in [0.3, 0.4) is 0 Å². The van der Waals surface area contributed by atoms with Gasteiger partial charge < -0.3 is 29.6 Å². The molecule has 0 saturated carbocycles. The van der Waals surface area contributed by atoms with Gasteiger partial charge >= 0.3 is 15.6 Å². The molecule has 23 heavy (non-hydrogen) atoms. The largest absolute Gasteiger partial charge is 0.481 e. The van der Waals surface area contributed by atoms with Gasteiger partial charge in [0.05, 0.1) is 37.9 Å². The van der Waals surface area contributed by atoms with E-state index in [1.165, 1.54) is 12.2 Å². The minimum atomic E-state index is -5.26. The van der Waals surface area contributed by atoms with Gasteiger partial charge in [-0.1, -0.05) is 12.2 Å². The second-order valence-electron chi connectivity index (χ2n) is 4.63. The summed E-state index contributed by atoms with van der Waals surface area (Å²) in [7, 11) is -10.4. The van der Waals surface area contributed by atoms with Gasteiger partial charge in [-0.2, -0.15) is 4.31 Å². The predicted molar refractivity (Wildman–Crippen MR) is 80.3 cm³/mol. The first-order valence-corrected chi connectivity index (χ1v) is 9.37. The average Bonchev–Trinajstić information content (AvgIpc) is 2.43. The quantitative estimate of drug-likeness (QED) is 0.224. The molecule has 0 spiro atoms. The zero-order valence-electron chi connectivity index (χ0n) is 12.4. The van der Waals surface area contributed by atoms with E-state index in [0.29, 0.717) is 0 Å². The van der Waals surface area contributed by atoms with Crippen molar-refractivity contribution in [1.82, 2.24) is 0 Å². The second kappa shape index (κ2) is 9.80. The summed E-state index contributed by atoms with van der Waals surface area (Å²) in [4.78, 5) is 26.3. The van der Waals surface area contributed by atoms with Crippen molar-refractivity contribution >= 4 is 15.6 Å². The third-order valence-corrected chi connectivity index (χ3v) is 4.97. The van der Waals surface area contributed by atoms with Crippen molar-refractivity contribution in [2.45, 2.75) is 12.5 Å². The Morgan fingerprint density at radius 2 is 1.65 bits per heavy atom. The van der Waals surface area contributed by atoms with Gasteiger partial charge in [-0.25, -0.2) is 9.13 Å². The standard InChI is InChI=1S/C11H22O10P2/c1-3-5-10(19-6-4-2)11(7-12,8-13)9-20-23(17,18)21-22(14,15)16/h3-4,10,12-13H,1-2,5-9H2,(H,17,18)(H2,14,15,16). The molecule has 0 aromatic carbocycles. The number of hydrogen-bond donors (Lipinski definition) is 5. The minimum absolute atomic E-state index is 0.0655. The van der Waals surface area contributed by atoms with Crippen molar-refractivity contribution in [2.24, 2.45) is 5.41 Å². The molecule has 0 aliphatic rings. The van der Waals surface area contributed by atoms with E-state index in [4.69, 9.17) is 14.5 Å². The van der Waals surface area contributed by atoms with Crippen molar-refractivity contribution in [3.05, 3.63) is 25.3 Å². The number of ether oxygens (including phenoxy) is 1. The number of hydrogen-bond acceptors (Lipinski definition) is 7. The Labute approximate surface area is 133 Å². The minimum Gasteiger partial charge on any atom is -0.396 e. The number of phosphoric ester groups is 1. The van der Waals surface area contributed by atoms with Gasteiger partial charge in [-0.15, -0.1) is 13.2 Å². The topological polar surface area (TPSA) is 163 Å². The molecule has 0 heterocycles. The van der Waals surface area contributed by atoms with Crippen LogP contribution in [-0.4, -0.2) is 57.4 Å². The van der Waals surface area contributed by atoms with Gasteiger partial charge in [-0.3, -0.25) is 4.52 Å². The average molecular weight is 376 g/mol. The number of rotatable bonds is 13. The molecule has 0 saturated heterocycles. The summed E-state index contributed by atoms with van der Waals surface area (Å²) < 4.78 is 35.6. The van der Waals surface area contributed by atoms with E-state index in [9.17, 15) is 24.2 Å². The summed E-state index contributed by atoms with van der Waals surface area (Å²) >= 11 is 0. The Balaban J connectivity index is 5.19. The molecule has 136 valence electrons. The van der Waals surface area contributed by atoms with Crippen molar-refractivity contribution in [3.63, 3.8) is 0 Å². The molecule has 0 aromatic rings. The van der Waals surface area contributed by atoms with Crippen molar-refractivity contribution in [3.8, 4) is 0 Å². The third-order valence-electron chi connectivity index (χ3n) is 2.83. The summed E-state index contributed by atoms with van der Waals surface area (Å²) in [5, 5.41) is 19.1. The van der Waals surface area contributed by atoms with Crippen LogP contribution in [0.25, 0.3) is 0 Å².